The van der Waals surface area contributed by atoms with E-state index in [4.69, 9.17) is 0 Å². The van der Waals surface area contributed by atoms with Gasteiger partial charge in [-0.05, 0) is 0 Å². The smallest absolute Gasteiger partial charge is 0.176 e. The zero-order valence-corrected chi connectivity index (χ0v) is 11.8. The second-order valence-corrected chi connectivity index (χ2v) is 5.30. The van der Waals surface area contributed by atoms with Crippen LogP contribution in [0.25, 0.3) is 0 Å². The van der Waals surface area contributed by atoms with E-state index < -0.39 is 4.83 Å². The van der Waals surface area contributed by atoms with E-state index in [1.54, 1.807) is 24.3 Å². The van der Waals surface area contributed by atoms with E-state index >= 15 is 0 Å². The Morgan fingerprint density at radius 2 is 1.32 bits per heavy atom. The Balaban J connectivity index is 2.04. The lowest BCUT2D eigenvalue weighted by Crippen LogP contribution is -2.18. The zero-order chi connectivity index (χ0) is 13.7. The van der Waals surface area contributed by atoms with Gasteiger partial charge in [-0.1, -0.05) is 76.6 Å². The van der Waals surface area contributed by atoms with Crippen molar-refractivity contribution >= 4 is 27.5 Å². The van der Waals surface area contributed by atoms with Crippen LogP contribution in [0.15, 0.2) is 60.7 Å². The summed E-state index contributed by atoms with van der Waals surface area (Å²) in [6.07, 6.45) is 0.164. The van der Waals surface area contributed by atoms with Crippen LogP contribution in [0, 0.1) is 0 Å². The summed E-state index contributed by atoms with van der Waals surface area (Å²) in [5, 5.41) is 0. The highest BCUT2D eigenvalue weighted by atomic mass is 79.9. The van der Waals surface area contributed by atoms with Crippen molar-refractivity contribution in [1.29, 1.82) is 0 Å². The van der Waals surface area contributed by atoms with Gasteiger partial charge in [-0.3, -0.25) is 9.59 Å². The van der Waals surface area contributed by atoms with E-state index in [1.165, 1.54) is 0 Å². The Labute approximate surface area is 120 Å². The van der Waals surface area contributed by atoms with E-state index in [1.807, 2.05) is 36.4 Å². The van der Waals surface area contributed by atoms with Gasteiger partial charge in [0.05, 0.1) is 4.83 Å². The van der Waals surface area contributed by atoms with Crippen molar-refractivity contribution in [1.82, 2.24) is 0 Å². The van der Waals surface area contributed by atoms with Crippen LogP contribution in [0.4, 0.5) is 0 Å². The average molecular weight is 317 g/mol. The maximum absolute atomic E-state index is 12.1. The third-order valence-electron chi connectivity index (χ3n) is 2.80. The van der Waals surface area contributed by atoms with Crippen molar-refractivity contribution in [2.75, 3.05) is 0 Å². The molecule has 1 atom stereocenters. The number of rotatable bonds is 5. The molecule has 19 heavy (non-hydrogen) atoms. The SMILES string of the molecule is O=C(CC(Br)C(=O)c1ccccc1)c1ccccc1. The fraction of sp³-hybridized carbons (Fsp3) is 0.125. The summed E-state index contributed by atoms with van der Waals surface area (Å²) < 4.78 is 0. The number of carbonyl (C=O) groups excluding carboxylic acids is 2. The molecule has 0 amide bonds. The second kappa shape index (κ2) is 6.43. The van der Waals surface area contributed by atoms with Gasteiger partial charge >= 0.3 is 0 Å². The fourth-order valence-corrected chi connectivity index (χ4v) is 2.34. The van der Waals surface area contributed by atoms with Crippen molar-refractivity contribution in [2.24, 2.45) is 0 Å². The van der Waals surface area contributed by atoms with E-state index in [9.17, 15) is 9.59 Å². The molecule has 0 aliphatic carbocycles. The number of alkyl halides is 1. The summed E-state index contributed by atoms with van der Waals surface area (Å²) in [6.45, 7) is 0. The molecule has 0 bridgehead atoms. The van der Waals surface area contributed by atoms with Crippen LogP contribution in [-0.2, 0) is 0 Å². The first-order chi connectivity index (χ1) is 9.18. The molecule has 0 heterocycles. The average Bonchev–Trinajstić information content (AvgIpc) is 2.48. The van der Waals surface area contributed by atoms with Crippen LogP contribution in [0.2, 0.25) is 0 Å². The molecule has 0 aromatic heterocycles. The lowest BCUT2D eigenvalue weighted by atomic mass is 10.0. The lowest BCUT2D eigenvalue weighted by molar-refractivity contribution is 0.0926. The van der Waals surface area contributed by atoms with Gasteiger partial charge in [0.1, 0.15) is 0 Å². The predicted molar refractivity (Wildman–Crippen MR) is 78.9 cm³/mol. The number of carbonyl (C=O) groups is 2. The number of hydrogen-bond acceptors (Lipinski definition) is 2. The summed E-state index contributed by atoms with van der Waals surface area (Å²) >= 11 is 3.31. The number of hydrogen-bond donors (Lipinski definition) is 0. The van der Waals surface area contributed by atoms with Gasteiger partial charge in [0.25, 0.3) is 0 Å². The van der Waals surface area contributed by atoms with E-state index in [2.05, 4.69) is 15.9 Å². The highest BCUT2D eigenvalue weighted by Gasteiger charge is 2.20. The summed E-state index contributed by atoms with van der Waals surface area (Å²) in [6, 6.07) is 18.0. The second-order valence-electron chi connectivity index (χ2n) is 4.19. The number of Topliss-reactive ketones (excluding diaryl/α,β-unsaturated/α-hetero) is 2. The first-order valence-electron chi connectivity index (χ1n) is 6.00. The maximum atomic E-state index is 12.1. The minimum atomic E-state index is -0.484. The van der Waals surface area contributed by atoms with Crippen LogP contribution in [0.5, 0.6) is 0 Å². The molecule has 2 aromatic carbocycles. The summed E-state index contributed by atoms with van der Waals surface area (Å²) in [5.41, 5.74) is 1.25. The Kier molecular flexibility index (Phi) is 4.63. The van der Waals surface area contributed by atoms with Gasteiger partial charge in [-0.25, -0.2) is 0 Å². The summed E-state index contributed by atoms with van der Waals surface area (Å²) in [4.78, 5) is 23.6. The van der Waals surface area contributed by atoms with Crippen LogP contribution in [0.3, 0.4) is 0 Å². The summed E-state index contributed by atoms with van der Waals surface area (Å²) in [5.74, 6) is -0.100. The van der Waals surface area contributed by atoms with Crippen molar-refractivity contribution in [3.8, 4) is 0 Å². The minimum absolute atomic E-state index is 0.0354. The molecule has 0 saturated carbocycles. The molecule has 3 heteroatoms. The molecule has 96 valence electrons. The third kappa shape index (κ3) is 3.61. The molecular formula is C16H13BrO2. The standard InChI is InChI=1S/C16H13BrO2/c17-14(16(19)13-9-5-2-6-10-13)11-15(18)12-7-3-1-4-8-12/h1-10,14H,11H2. The van der Waals surface area contributed by atoms with Crippen molar-refractivity contribution in [3.05, 3.63) is 71.8 Å². The topological polar surface area (TPSA) is 34.1 Å². The summed E-state index contributed by atoms with van der Waals surface area (Å²) in [7, 11) is 0. The molecule has 2 nitrogen and oxygen atoms in total. The highest BCUT2D eigenvalue weighted by molar-refractivity contribution is 9.10. The lowest BCUT2D eigenvalue weighted by Gasteiger charge is -2.08. The molecule has 0 radical (unpaired) electrons. The molecule has 0 aliphatic heterocycles. The van der Waals surface area contributed by atoms with Gasteiger partial charge in [0, 0.05) is 17.5 Å². The number of benzene rings is 2. The minimum Gasteiger partial charge on any atom is -0.294 e. The number of halogens is 1. The Bertz CT molecular complexity index is 564. The molecular weight excluding hydrogens is 304 g/mol. The van der Waals surface area contributed by atoms with Crippen molar-refractivity contribution in [3.63, 3.8) is 0 Å². The largest absolute Gasteiger partial charge is 0.294 e. The highest BCUT2D eigenvalue weighted by Crippen LogP contribution is 2.16. The van der Waals surface area contributed by atoms with Crippen molar-refractivity contribution in [2.45, 2.75) is 11.2 Å². The fourth-order valence-electron chi connectivity index (χ4n) is 1.78. The molecule has 2 rings (SSSR count). The van der Waals surface area contributed by atoms with E-state index in [-0.39, 0.29) is 18.0 Å². The first-order valence-corrected chi connectivity index (χ1v) is 6.91. The van der Waals surface area contributed by atoms with Crippen molar-refractivity contribution < 1.29 is 9.59 Å². The number of ketones is 2. The van der Waals surface area contributed by atoms with Gasteiger partial charge in [-0.15, -0.1) is 0 Å². The van der Waals surface area contributed by atoms with Gasteiger partial charge in [-0.2, -0.15) is 0 Å². The van der Waals surface area contributed by atoms with Crippen LogP contribution >= 0.6 is 15.9 Å². The third-order valence-corrected chi connectivity index (χ3v) is 3.54. The molecule has 0 saturated heterocycles. The Morgan fingerprint density at radius 3 is 1.84 bits per heavy atom. The molecule has 0 N–H and O–H groups in total. The maximum Gasteiger partial charge on any atom is 0.176 e. The van der Waals surface area contributed by atoms with E-state index in [0.29, 0.717) is 11.1 Å². The predicted octanol–water partition coefficient (Wildman–Crippen LogP) is 3.91. The van der Waals surface area contributed by atoms with Gasteiger partial charge < -0.3 is 0 Å². The monoisotopic (exact) mass is 316 g/mol. The van der Waals surface area contributed by atoms with Crippen LogP contribution < -0.4 is 0 Å². The van der Waals surface area contributed by atoms with Crippen LogP contribution in [-0.4, -0.2) is 16.4 Å². The molecule has 0 spiro atoms. The Morgan fingerprint density at radius 1 is 0.842 bits per heavy atom. The zero-order valence-electron chi connectivity index (χ0n) is 10.3. The van der Waals surface area contributed by atoms with E-state index in [0.717, 1.165) is 0 Å². The first kappa shape index (κ1) is 13.7. The quantitative estimate of drug-likeness (QED) is 0.619. The normalized spacial score (nSPS) is 11.8. The molecule has 0 aliphatic rings. The molecule has 0 fully saturated rings. The van der Waals surface area contributed by atoms with Gasteiger partial charge in [0.15, 0.2) is 11.6 Å². The van der Waals surface area contributed by atoms with Crippen LogP contribution in [0.1, 0.15) is 27.1 Å². The molecule has 1 unspecified atom stereocenters. The molecule has 2 aromatic rings. The Hall–Kier alpha value is -1.74. The van der Waals surface area contributed by atoms with Gasteiger partial charge in [0.2, 0.25) is 0 Å².